The number of benzene rings is 1. The zero-order chi connectivity index (χ0) is 16.2. The van der Waals surface area contributed by atoms with Crippen molar-refractivity contribution in [1.29, 1.82) is 0 Å². The summed E-state index contributed by atoms with van der Waals surface area (Å²) < 4.78 is 5.92. The van der Waals surface area contributed by atoms with Crippen LogP contribution in [0.1, 0.15) is 11.1 Å². The number of pyridine rings is 1. The number of carbonyl (C=O) groups excluding carboxylic acids is 1. The summed E-state index contributed by atoms with van der Waals surface area (Å²) in [5.74, 6) is 0. The quantitative estimate of drug-likeness (QED) is 0.806. The first-order valence-electron chi connectivity index (χ1n) is 7.11. The van der Waals surface area contributed by atoms with E-state index in [1.165, 1.54) is 6.07 Å². The van der Waals surface area contributed by atoms with Gasteiger partial charge in [-0.05, 0) is 24.6 Å². The van der Waals surface area contributed by atoms with Gasteiger partial charge in [-0.3, -0.25) is 4.98 Å². The molecule has 0 spiro atoms. The van der Waals surface area contributed by atoms with Crippen molar-refractivity contribution in [1.82, 2.24) is 15.0 Å². The lowest BCUT2D eigenvalue weighted by atomic mass is 10.1. The molecule has 6 heteroatoms. The van der Waals surface area contributed by atoms with Gasteiger partial charge in [0.1, 0.15) is 5.69 Å². The van der Waals surface area contributed by atoms with E-state index in [4.69, 9.17) is 4.52 Å². The van der Waals surface area contributed by atoms with Crippen LogP contribution in [0.5, 0.6) is 0 Å². The fraction of sp³-hybridized carbons (Fsp3) is 0.118. The van der Waals surface area contributed by atoms with Crippen molar-refractivity contribution in [3.63, 3.8) is 0 Å². The van der Waals surface area contributed by atoms with Crippen LogP contribution < -0.4 is 10.9 Å². The zero-order valence-electron chi connectivity index (χ0n) is 12.5. The zero-order valence-corrected chi connectivity index (χ0v) is 12.5. The first-order chi connectivity index (χ1) is 11.1. The summed E-state index contributed by atoms with van der Waals surface area (Å²) in [7, 11) is 0. The van der Waals surface area contributed by atoms with E-state index in [2.05, 4.69) is 10.3 Å². The minimum absolute atomic E-state index is 0.342. The average molecular weight is 309 g/mol. The van der Waals surface area contributed by atoms with Crippen molar-refractivity contribution in [2.45, 2.75) is 13.5 Å². The largest absolute Gasteiger partial charge is 0.358 e. The Balaban J connectivity index is 1.82. The Hall–Kier alpha value is -3.15. The van der Waals surface area contributed by atoms with Gasteiger partial charge in [-0.25, -0.2) is 9.59 Å². The molecule has 3 rings (SSSR count). The summed E-state index contributed by atoms with van der Waals surface area (Å²) in [5.41, 5.74) is 2.49. The molecule has 0 atom stereocenters. The van der Waals surface area contributed by atoms with Crippen LogP contribution in [0, 0.1) is 6.92 Å². The molecule has 2 heterocycles. The molecule has 1 N–H and O–H groups in total. The molecule has 23 heavy (non-hydrogen) atoms. The third kappa shape index (κ3) is 3.37. The topological polar surface area (TPSA) is 77.1 Å². The monoisotopic (exact) mass is 309 g/mol. The first-order valence-corrected chi connectivity index (χ1v) is 7.11. The summed E-state index contributed by atoms with van der Waals surface area (Å²) >= 11 is 0. The molecular weight excluding hydrogens is 294 g/mol. The molecule has 0 aliphatic rings. The third-order valence-corrected chi connectivity index (χ3v) is 3.32. The van der Waals surface area contributed by atoms with E-state index in [1.54, 1.807) is 24.5 Å². The van der Waals surface area contributed by atoms with Crippen LogP contribution in [0.25, 0.3) is 11.3 Å². The summed E-state index contributed by atoms with van der Waals surface area (Å²) in [6.45, 7) is 2.33. The summed E-state index contributed by atoms with van der Waals surface area (Å²) in [5, 5.41) is 2.74. The molecule has 0 bridgehead atoms. The van der Waals surface area contributed by atoms with Crippen molar-refractivity contribution >= 4 is 6.03 Å². The highest BCUT2D eigenvalue weighted by molar-refractivity contribution is 5.80. The highest BCUT2D eigenvalue weighted by Gasteiger charge is 2.15. The molecule has 1 amide bonds. The Labute approximate surface area is 132 Å². The molecule has 0 radical (unpaired) electrons. The Kier molecular flexibility index (Phi) is 4.05. The van der Waals surface area contributed by atoms with Gasteiger partial charge < -0.3 is 9.84 Å². The maximum atomic E-state index is 12.3. The van der Waals surface area contributed by atoms with Crippen molar-refractivity contribution < 1.29 is 9.32 Å². The molecular formula is C17H15N3O3. The summed E-state index contributed by atoms with van der Waals surface area (Å²) in [6.07, 6.45) is 3.18. The number of hydrogen-bond acceptors (Lipinski definition) is 4. The number of aryl methyl sites for hydroxylation is 1. The van der Waals surface area contributed by atoms with Gasteiger partial charge in [0.15, 0.2) is 0 Å². The molecule has 0 saturated carbocycles. The van der Waals surface area contributed by atoms with Crippen molar-refractivity contribution in [3.05, 3.63) is 76.4 Å². The molecule has 0 fully saturated rings. The molecule has 0 unspecified atom stereocenters. The normalized spacial score (nSPS) is 10.5. The van der Waals surface area contributed by atoms with Crippen LogP contribution in [-0.2, 0) is 6.54 Å². The highest BCUT2D eigenvalue weighted by Crippen LogP contribution is 2.16. The molecule has 2 aromatic heterocycles. The fourth-order valence-electron chi connectivity index (χ4n) is 2.27. The maximum absolute atomic E-state index is 12.3. The smallest absolute Gasteiger partial charge is 0.331 e. The second-order valence-corrected chi connectivity index (χ2v) is 5.12. The fourth-order valence-corrected chi connectivity index (χ4v) is 2.27. The number of carbonyl (C=O) groups is 1. The number of amides is 1. The number of hydrogen-bond donors (Lipinski definition) is 1. The van der Waals surface area contributed by atoms with Gasteiger partial charge in [0, 0.05) is 24.5 Å². The molecule has 116 valence electrons. The third-order valence-electron chi connectivity index (χ3n) is 3.32. The van der Waals surface area contributed by atoms with Crippen LogP contribution in [-0.4, -0.2) is 15.8 Å². The predicted octanol–water partition coefficient (Wildman–Crippen LogP) is 2.57. The van der Waals surface area contributed by atoms with Gasteiger partial charge in [0.2, 0.25) is 0 Å². The van der Waals surface area contributed by atoms with Gasteiger partial charge in [-0.1, -0.05) is 29.8 Å². The van der Waals surface area contributed by atoms with Gasteiger partial charge >= 0.3 is 11.7 Å². The maximum Gasteiger partial charge on any atom is 0.358 e. The second-order valence-electron chi connectivity index (χ2n) is 5.12. The second kappa shape index (κ2) is 6.31. The molecule has 1 aromatic carbocycles. The van der Waals surface area contributed by atoms with Crippen molar-refractivity contribution in [2.24, 2.45) is 0 Å². The Morgan fingerprint density at radius 2 is 2.13 bits per heavy atom. The predicted molar refractivity (Wildman–Crippen MR) is 85.0 cm³/mol. The van der Waals surface area contributed by atoms with E-state index in [1.807, 2.05) is 31.2 Å². The number of rotatable bonds is 3. The van der Waals surface area contributed by atoms with Gasteiger partial charge in [0.25, 0.3) is 0 Å². The van der Waals surface area contributed by atoms with Crippen LogP contribution in [0.2, 0.25) is 0 Å². The van der Waals surface area contributed by atoms with Gasteiger partial charge in [-0.15, -0.1) is 4.74 Å². The van der Waals surface area contributed by atoms with E-state index in [0.29, 0.717) is 17.8 Å². The highest BCUT2D eigenvalue weighted by atomic mass is 16.5. The summed E-state index contributed by atoms with van der Waals surface area (Å²) in [4.78, 5) is 27.8. The molecule has 3 aromatic rings. The summed E-state index contributed by atoms with van der Waals surface area (Å²) in [6, 6.07) is 12.0. The van der Waals surface area contributed by atoms with Crippen molar-refractivity contribution in [2.75, 3.05) is 0 Å². The number of aromatic nitrogens is 2. The van der Waals surface area contributed by atoms with Crippen molar-refractivity contribution in [3.8, 4) is 11.3 Å². The van der Waals surface area contributed by atoms with Crippen LogP contribution in [0.4, 0.5) is 4.79 Å². The van der Waals surface area contributed by atoms with Crippen LogP contribution in [0.3, 0.4) is 0 Å². The molecule has 0 aliphatic heterocycles. The minimum atomic E-state index is -0.588. The number of nitrogens with one attached hydrogen (secondary N) is 1. The Morgan fingerprint density at radius 1 is 1.26 bits per heavy atom. The lowest BCUT2D eigenvalue weighted by Crippen LogP contribution is -2.28. The Morgan fingerprint density at radius 3 is 2.87 bits per heavy atom. The molecule has 0 aliphatic carbocycles. The molecule has 0 saturated heterocycles. The lowest BCUT2D eigenvalue weighted by Gasteiger charge is -2.08. The Bertz CT molecular complexity index is 881. The average Bonchev–Trinajstić information content (AvgIpc) is 2.95. The molecule has 6 nitrogen and oxygen atoms in total. The van der Waals surface area contributed by atoms with Gasteiger partial charge in [-0.2, -0.15) is 0 Å². The number of nitrogens with zero attached hydrogens (tertiary/aromatic N) is 2. The van der Waals surface area contributed by atoms with E-state index in [9.17, 15) is 9.59 Å². The SMILES string of the molecule is Cc1cccc(CNC(=O)n2oc(=O)cc2-c2cccnc2)c1. The minimum Gasteiger partial charge on any atom is -0.331 e. The lowest BCUT2D eigenvalue weighted by molar-refractivity contribution is 0.208. The first kappa shape index (κ1) is 14.8. The van der Waals surface area contributed by atoms with E-state index in [0.717, 1.165) is 15.9 Å². The van der Waals surface area contributed by atoms with E-state index >= 15 is 0 Å². The van der Waals surface area contributed by atoms with Crippen LogP contribution >= 0.6 is 0 Å². The van der Waals surface area contributed by atoms with Gasteiger partial charge in [0.05, 0.1) is 6.07 Å². The standard InChI is InChI=1S/C17H15N3O3/c1-12-4-2-5-13(8-12)10-19-17(22)20-15(9-16(21)23-20)14-6-3-7-18-11-14/h2-9,11H,10H2,1H3,(H,19,22). The van der Waals surface area contributed by atoms with Crippen LogP contribution in [0.15, 0.2) is 64.2 Å². The van der Waals surface area contributed by atoms with E-state index < -0.39 is 11.7 Å². The van der Waals surface area contributed by atoms with E-state index in [-0.39, 0.29) is 0 Å².